The largest absolute Gasteiger partial charge is 0.493 e. The number of rotatable bonds is 5. The van der Waals surface area contributed by atoms with E-state index in [4.69, 9.17) is 9.47 Å². The minimum Gasteiger partial charge on any atom is -0.493 e. The molecule has 6 nitrogen and oxygen atoms in total. The number of amides is 2. The summed E-state index contributed by atoms with van der Waals surface area (Å²) in [5.41, 5.74) is 3.45. The lowest BCUT2D eigenvalue weighted by atomic mass is 9.93. The van der Waals surface area contributed by atoms with Gasteiger partial charge in [0.2, 0.25) is 0 Å². The van der Waals surface area contributed by atoms with E-state index in [1.54, 1.807) is 38.5 Å². The van der Waals surface area contributed by atoms with Crippen LogP contribution in [0.25, 0.3) is 0 Å². The number of fused-ring (bicyclic) bond motifs is 2. The summed E-state index contributed by atoms with van der Waals surface area (Å²) in [6, 6.07) is 11.3. The van der Waals surface area contributed by atoms with Gasteiger partial charge in [-0.05, 0) is 48.7 Å². The van der Waals surface area contributed by atoms with Crippen molar-refractivity contribution in [3.05, 3.63) is 58.7 Å². The smallest absolute Gasteiger partial charge is 0.261 e. The number of carbonyl (C=O) groups is 2. The van der Waals surface area contributed by atoms with Crippen LogP contribution in [0.4, 0.5) is 0 Å². The third-order valence-electron chi connectivity index (χ3n) is 5.80. The van der Waals surface area contributed by atoms with E-state index < -0.39 is 0 Å². The quantitative estimate of drug-likeness (QED) is 0.747. The van der Waals surface area contributed by atoms with E-state index in [9.17, 15) is 9.59 Å². The predicted octanol–water partition coefficient (Wildman–Crippen LogP) is 2.92. The van der Waals surface area contributed by atoms with Crippen molar-refractivity contribution in [3.8, 4) is 11.5 Å². The molecule has 146 valence electrons. The van der Waals surface area contributed by atoms with Crippen LogP contribution in [-0.4, -0.2) is 55.5 Å². The number of hydrogen-bond acceptors (Lipinski definition) is 5. The van der Waals surface area contributed by atoms with Crippen LogP contribution in [0.3, 0.4) is 0 Å². The lowest BCUT2D eigenvalue weighted by molar-refractivity contribution is 0.0623. The normalized spacial score (nSPS) is 18.8. The van der Waals surface area contributed by atoms with Gasteiger partial charge in [-0.25, -0.2) is 0 Å². The van der Waals surface area contributed by atoms with Gasteiger partial charge in [-0.15, -0.1) is 0 Å². The molecule has 2 aliphatic rings. The number of benzene rings is 2. The first-order valence-corrected chi connectivity index (χ1v) is 9.49. The van der Waals surface area contributed by atoms with Crippen LogP contribution in [0.1, 0.15) is 44.8 Å². The van der Waals surface area contributed by atoms with E-state index in [1.165, 1.54) is 16.0 Å². The van der Waals surface area contributed by atoms with Crippen LogP contribution in [0.2, 0.25) is 0 Å². The summed E-state index contributed by atoms with van der Waals surface area (Å²) >= 11 is 0. The molecule has 0 N–H and O–H groups in total. The molecule has 0 saturated carbocycles. The fraction of sp³-hybridized carbons (Fsp3) is 0.364. The highest BCUT2D eigenvalue weighted by atomic mass is 16.5. The van der Waals surface area contributed by atoms with Gasteiger partial charge in [0.15, 0.2) is 11.5 Å². The molecule has 4 rings (SSSR count). The average Bonchev–Trinajstić information content (AvgIpc) is 2.97. The van der Waals surface area contributed by atoms with Crippen LogP contribution in [0.15, 0.2) is 36.4 Å². The maximum Gasteiger partial charge on any atom is 0.261 e. The first-order valence-electron chi connectivity index (χ1n) is 9.49. The molecule has 0 spiro atoms. The Hall–Kier alpha value is -2.86. The molecule has 2 amide bonds. The number of hydrogen-bond donors (Lipinski definition) is 0. The van der Waals surface area contributed by atoms with E-state index in [0.717, 1.165) is 24.5 Å². The maximum atomic E-state index is 12.6. The fourth-order valence-corrected chi connectivity index (χ4v) is 4.17. The zero-order chi connectivity index (χ0) is 19.8. The summed E-state index contributed by atoms with van der Waals surface area (Å²) in [6.45, 7) is 4.04. The monoisotopic (exact) mass is 380 g/mol. The Morgan fingerprint density at radius 1 is 0.964 bits per heavy atom. The van der Waals surface area contributed by atoms with Crippen molar-refractivity contribution in [2.45, 2.75) is 19.4 Å². The highest BCUT2D eigenvalue weighted by molar-refractivity contribution is 6.21. The van der Waals surface area contributed by atoms with Gasteiger partial charge in [-0.3, -0.25) is 19.4 Å². The molecule has 2 aromatic carbocycles. The van der Waals surface area contributed by atoms with Crippen molar-refractivity contribution < 1.29 is 19.1 Å². The first-order chi connectivity index (χ1) is 13.5. The predicted molar refractivity (Wildman–Crippen MR) is 105 cm³/mol. The molecular weight excluding hydrogens is 356 g/mol. The Kier molecular flexibility index (Phi) is 4.81. The number of ether oxygens (including phenoxy) is 2. The molecule has 1 atom stereocenters. The lowest BCUT2D eigenvalue weighted by Gasteiger charge is -2.36. The van der Waals surface area contributed by atoms with E-state index in [2.05, 4.69) is 11.8 Å². The molecule has 0 unspecified atom stereocenters. The van der Waals surface area contributed by atoms with E-state index in [1.807, 2.05) is 12.1 Å². The van der Waals surface area contributed by atoms with Gasteiger partial charge in [-0.1, -0.05) is 12.1 Å². The average molecular weight is 380 g/mol. The zero-order valence-corrected chi connectivity index (χ0v) is 16.4. The van der Waals surface area contributed by atoms with E-state index in [-0.39, 0.29) is 17.9 Å². The SMILES string of the molecule is COc1cc2c(cc1OC)[C@H](C)N(CCN1C(=O)c3ccccc3C1=O)CC2. The lowest BCUT2D eigenvalue weighted by Crippen LogP contribution is -2.41. The summed E-state index contributed by atoms with van der Waals surface area (Å²) in [7, 11) is 3.28. The second-order valence-electron chi connectivity index (χ2n) is 7.18. The van der Waals surface area contributed by atoms with Crippen molar-refractivity contribution in [2.75, 3.05) is 33.9 Å². The Balaban J connectivity index is 1.49. The highest BCUT2D eigenvalue weighted by Gasteiger charge is 2.35. The minimum absolute atomic E-state index is 0.165. The molecule has 2 aromatic rings. The third-order valence-corrected chi connectivity index (χ3v) is 5.80. The van der Waals surface area contributed by atoms with Gasteiger partial charge in [0, 0.05) is 25.7 Å². The minimum atomic E-state index is -0.197. The Morgan fingerprint density at radius 3 is 2.18 bits per heavy atom. The molecule has 2 heterocycles. The molecule has 6 heteroatoms. The summed E-state index contributed by atoms with van der Waals surface area (Å²) < 4.78 is 10.9. The zero-order valence-electron chi connectivity index (χ0n) is 16.4. The van der Waals surface area contributed by atoms with E-state index in [0.29, 0.717) is 24.2 Å². The Labute approximate surface area is 164 Å². The Bertz CT molecular complexity index is 905. The number of imide groups is 1. The fourth-order valence-electron chi connectivity index (χ4n) is 4.17. The van der Waals surface area contributed by atoms with Gasteiger partial charge >= 0.3 is 0 Å². The standard InChI is InChI=1S/C22H24N2O4/c1-14-18-13-20(28-3)19(27-2)12-15(18)8-9-23(14)10-11-24-21(25)16-6-4-5-7-17(16)22(24)26/h4-7,12-14H,8-11H2,1-3H3/t14-/m0/s1. The second-order valence-corrected chi connectivity index (χ2v) is 7.18. The molecule has 0 radical (unpaired) electrons. The van der Waals surface area contributed by atoms with Crippen LogP contribution >= 0.6 is 0 Å². The molecule has 28 heavy (non-hydrogen) atoms. The summed E-state index contributed by atoms with van der Waals surface area (Å²) in [4.78, 5) is 28.8. The maximum absolute atomic E-state index is 12.6. The molecule has 0 fully saturated rings. The van der Waals surface area contributed by atoms with Gasteiger partial charge in [0.05, 0.1) is 25.3 Å². The number of nitrogens with zero attached hydrogens (tertiary/aromatic N) is 2. The van der Waals surface area contributed by atoms with Crippen LogP contribution in [0, 0.1) is 0 Å². The first kappa shape index (κ1) is 18.5. The summed E-state index contributed by atoms with van der Waals surface area (Å²) in [5.74, 6) is 1.07. The van der Waals surface area contributed by atoms with Crippen molar-refractivity contribution in [3.63, 3.8) is 0 Å². The van der Waals surface area contributed by atoms with Crippen LogP contribution in [-0.2, 0) is 6.42 Å². The molecule has 0 bridgehead atoms. The van der Waals surface area contributed by atoms with Crippen molar-refractivity contribution in [2.24, 2.45) is 0 Å². The second kappa shape index (κ2) is 7.28. The Morgan fingerprint density at radius 2 is 1.57 bits per heavy atom. The van der Waals surface area contributed by atoms with Gasteiger partial charge in [-0.2, -0.15) is 0 Å². The van der Waals surface area contributed by atoms with Gasteiger partial charge in [0.1, 0.15) is 0 Å². The summed E-state index contributed by atoms with van der Waals surface area (Å²) in [6.07, 6.45) is 0.891. The van der Waals surface area contributed by atoms with Gasteiger partial charge in [0.25, 0.3) is 11.8 Å². The molecule has 2 aliphatic heterocycles. The number of methoxy groups -OCH3 is 2. The summed E-state index contributed by atoms with van der Waals surface area (Å²) in [5, 5.41) is 0. The third kappa shape index (κ3) is 2.94. The highest BCUT2D eigenvalue weighted by Crippen LogP contribution is 2.37. The molecule has 0 aliphatic carbocycles. The van der Waals surface area contributed by atoms with Crippen molar-refractivity contribution in [1.82, 2.24) is 9.80 Å². The van der Waals surface area contributed by atoms with Crippen LogP contribution < -0.4 is 9.47 Å². The van der Waals surface area contributed by atoms with E-state index >= 15 is 0 Å². The molecule has 0 saturated heterocycles. The topological polar surface area (TPSA) is 59.1 Å². The molecular formula is C22H24N2O4. The number of carbonyl (C=O) groups excluding carboxylic acids is 2. The van der Waals surface area contributed by atoms with Crippen LogP contribution in [0.5, 0.6) is 11.5 Å². The molecule has 0 aromatic heterocycles. The van der Waals surface area contributed by atoms with Crippen molar-refractivity contribution >= 4 is 11.8 Å². The van der Waals surface area contributed by atoms with Gasteiger partial charge < -0.3 is 9.47 Å². The van der Waals surface area contributed by atoms with Crippen molar-refractivity contribution in [1.29, 1.82) is 0 Å².